The molecule has 1 N–H and O–H groups in total. The van der Waals surface area contributed by atoms with Gasteiger partial charge in [0.2, 0.25) is 11.8 Å². The average Bonchev–Trinajstić information content (AvgIpc) is 2.94. The minimum atomic E-state index is -0.256. The summed E-state index contributed by atoms with van der Waals surface area (Å²) in [7, 11) is 0. The van der Waals surface area contributed by atoms with Gasteiger partial charge in [0.15, 0.2) is 0 Å². The Hall–Kier alpha value is -3.03. The van der Waals surface area contributed by atoms with Crippen molar-refractivity contribution in [3.63, 3.8) is 0 Å². The van der Waals surface area contributed by atoms with Crippen LogP contribution in [0, 0.1) is 0 Å². The van der Waals surface area contributed by atoms with E-state index in [9.17, 15) is 14.4 Å². The predicted octanol–water partition coefficient (Wildman–Crippen LogP) is 0.401. The maximum absolute atomic E-state index is 12.5. The van der Waals surface area contributed by atoms with Crippen molar-refractivity contribution in [2.75, 3.05) is 26.2 Å². The molecule has 8 heteroatoms. The molecule has 27 heavy (non-hydrogen) atoms. The van der Waals surface area contributed by atoms with E-state index in [-0.39, 0.29) is 17.4 Å². The first-order valence-electron chi connectivity index (χ1n) is 9.11. The molecule has 0 radical (unpaired) electrons. The summed E-state index contributed by atoms with van der Waals surface area (Å²) in [6, 6.07) is 6.75. The van der Waals surface area contributed by atoms with Crippen molar-refractivity contribution in [3.8, 4) is 0 Å². The Bertz CT molecular complexity index is 816. The van der Waals surface area contributed by atoms with Gasteiger partial charge in [0.1, 0.15) is 0 Å². The van der Waals surface area contributed by atoms with Gasteiger partial charge >= 0.3 is 0 Å². The molecule has 3 heterocycles. The quantitative estimate of drug-likeness (QED) is 0.822. The minimum Gasteiger partial charge on any atom is -0.341 e. The second kappa shape index (κ2) is 9.07. The van der Waals surface area contributed by atoms with E-state index in [1.807, 2.05) is 21.9 Å². The second-order valence-corrected chi connectivity index (χ2v) is 6.57. The molecule has 2 aromatic heterocycles. The van der Waals surface area contributed by atoms with Crippen LogP contribution in [0.25, 0.3) is 0 Å². The SMILES string of the molecule is O=C(CCc1ccc(=O)[nH]n1)N1CCCN(C(=O)Cc2cccnc2)CC1. The third kappa shape index (κ3) is 5.47. The molecule has 1 saturated heterocycles. The van der Waals surface area contributed by atoms with Crippen LogP contribution in [0.4, 0.5) is 0 Å². The van der Waals surface area contributed by atoms with Crippen LogP contribution in [-0.2, 0) is 22.4 Å². The van der Waals surface area contributed by atoms with E-state index >= 15 is 0 Å². The molecule has 3 rings (SSSR count). The fraction of sp³-hybridized carbons (Fsp3) is 0.421. The van der Waals surface area contributed by atoms with Crippen LogP contribution < -0.4 is 5.56 Å². The van der Waals surface area contributed by atoms with Crippen molar-refractivity contribution in [1.82, 2.24) is 25.0 Å². The molecular formula is C19H23N5O3. The van der Waals surface area contributed by atoms with Crippen LogP contribution in [-0.4, -0.2) is 63.0 Å². The summed E-state index contributed by atoms with van der Waals surface area (Å²) in [5, 5.41) is 6.30. The Kier molecular flexibility index (Phi) is 6.30. The molecule has 0 aliphatic carbocycles. The lowest BCUT2D eigenvalue weighted by Gasteiger charge is -2.22. The number of amides is 2. The topological polar surface area (TPSA) is 99.3 Å². The number of aromatic nitrogens is 3. The van der Waals surface area contributed by atoms with E-state index < -0.39 is 0 Å². The number of nitrogens with zero attached hydrogens (tertiary/aromatic N) is 4. The molecule has 2 amide bonds. The summed E-state index contributed by atoms with van der Waals surface area (Å²) in [6.07, 6.45) is 5.31. The Morgan fingerprint density at radius 2 is 1.81 bits per heavy atom. The van der Waals surface area contributed by atoms with Crippen molar-refractivity contribution in [3.05, 3.63) is 58.3 Å². The van der Waals surface area contributed by atoms with Crippen LogP contribution in [0.2, 0.25) is 0 Å². The van der Waals surface area contributed by atoms with E-state index in [2.05, 4.69) is 15.2 Å². The molecule has 0 unspecified atom stereocenters. The maximum atomic E-state index is 12.5. The summed E-state index contributed by atoms with van der Waals surface area (Å²) in [5.74, 6) is 0.110. The van der Waals surface area contributed by atoms with Gasteiger partial charge in [-0.15, -0.1) is 0 Å². The average molecular weight is 369 g/mol. The van der Waals surface area contributed by atoms with Crippen LogP contribution in [0.5, 0.6) is 0 Å². The first-order valence-corrected chi connectivity index (χ1v) is 9.11. The monoisotopic (exact) mass is 369 g/mol. The highest BCUT2D eigenvalue weighted by Crippen LogP contribution is 2.09. The molecule has 0 saturated carbocycles. The molecule has 1 fully saturated rings. The first-order chi connectivity index (χ1) is 13.1. The third-order valence-electron chi connectivity index (χ3n) is 4.61. The Morgan fingerprint density at radius 3 is 2.48 bits per heavy atom. The first kappa shape index (κ1) is 18.8. The molecule has 1 aliphatic heterocycles. The molecule has 1 aliphatic rings. The number of aryl methyl sites for hydroxylation is 1. The highest BCUT2D eigenvalue weighted by molar-refractivity contribution is 5.79. The molecule has 2 aromatic rings. The molecule has 142 valence electrons. The van der Waals surface area contributed by atoms with E-state index in [0.717, 1.165) is 12.0 Å². The summed E-state index contributed by atoms with van der Waals surface area (Å²) in [6.45, 7) is 2.39. The number of aromatic amines is 1. The Balaban J connectivity index is 1.48. The van der Waals surface area contributed by atoms with Crippen molar-refractivity contribution in [1.29, 1.82) is 0 Å². The number of hydrogen-bond acceptors (Lipinski definition) is 5. The van der Waals surface area contributed by atoms with Crippen molar-refractivity contribution in [2.24, 2.45) is 0 Å². The molecule has 0 atom stereocenters. The van der Waals surface area contributed by atoms with E-state index in [1.165, 1.54) is 6.07 Å². The molecule has 0 aromatic carbocycles. The number of rotatable bonds is 5. The molecular weight excluding hydrogens is 346 g/mol. The maximum Gasteiger partial charge on any atom is 0.264 e. The number of pyridine rings is 1. The Morgan fingerprint density at radius 1 is 1.04 bits per heavy atom. The normalized spacial score (nSPS) is 14.7. The number of carbonyl (C=O) groups excluding carboxylic acids is 2. The van der Waals surface area contributed by atoms with Gasteiger partial charge in [-0.05, 0) is 24.1 Å². The van der Waals surface area contributed by atoms with E-state index in [0.29, 0.717) is 51.1 Å². The minimum absolute atomic E-state index is 0.0459. The van der Waals surface area contributed by atoms with Gasteiger partial charge in [-0.2, -0.15) is 5.10 Å². The standard InChI is InChI=1S/C19H23N5O3/c25-17-6-4-16(21-22-17)5-7-18(26)23-9-2-10-24(12-11-23)19(27)13-15-3-1-8-20-14-15/h1,3-4,6,8,14H,2,5,7,9-13H2,(H,22,25). The Labute approximate surface area is 157 Å². The predicted molar refractivity (Wildman–Crippen MR) is 98.9 cm³/mol. The zero-order chi connectivity index (χ0) is 19.1. The third-order valence-corrected chi connectivity index (χ3v) is 4.61. The molecule has 8 nitrogen and oxygen atoms in total. The van der Waals surface area contributed by atoms with Gasteiger partial charge < -0.3 is 9.80 Å². The summed E-state index contributed by atoms with van der Waals surface area (Å²) >= 11 is 0. The van der Waals surface area contributed by atoms with Gasteiger partial charge in [0, 0.05) is 57.5 Å². The van der Waals surface area contributed by atoms with Crippen LogP contribution in [0.15, 0.2) is 41.5 Å². The number of carbonyl (C=O) groups is 2. The lowest BCUT2D eigenvalue weighted by atomic mass is 10.2. The van der Waals surface area contributed by atoms with Gasteiger partial charge in [-0.3, -0.25) is 19.4 Å². The highest BCUT2D eigenvalue weighted by Gasteiger charge is 2.22. The fourth-order valence-electron chi connectivity index (χ4n) is 3.11. The van der Waals surface area contributed by atoms with Crippen molar-refractivity contribution < 1.29 is 9.59 Å². The van der Waals surface area contributed by atoms with Crippen LogP contribution in [0.1, 0.15) is 24.1 Å². The lowest BCUT2D eigenvalue weighted by molar-refractivity contribution is -0.133. The number of H-pyrrole nitrogens is 1. The molecule has 0 bridgehead atoms. The van der Waals surface area contributed by atoms with Gasteiger partial charge in [-0.25, -0.2) is 5.10 Å². The second-order valence-electron chi connectivity index (χ2n) is 6.57. The number of hydrogen-bond donors (Lipinski definition) is 1. The lowest BCUT2D eigenvalue weighted by Crippen LogP contribution is -2.38. The molecule has 0 spiro atoms. The van der Waals surface area contributed by atoms with Crippen molar-refractivity contribution in [2.45, 2.75) is 25.7 Å². The van der Waals surface area contributed by atoms with E-state index in [4.69, 9.17) is 0 Å². The zero-order valence-corrected chi connectivity index (χ0v) is 15.1. The van der Waals surface area contributed by atoms with Crippen LogP contribution in [0.3, 0.4) is 0 Å². The van der Waals surface area contributed by atoms with Crippen molar-refractivity contribution >= 4 is 11.8 Å². The largest absolute Gasteiger partial charge is 0.341 e. The number of nitrogens with one attached hydrogen (secondary N) is 1. The fourth-order valence-corrected chi connectivity index (χ4v) is 3.11. The van der Waals surface area contributed by atoms with Gasteiger partial charge in [0.25, 0.3) is 5.56 Å². The summed E-state index contributed by atoms with van der Waals surface area (Å²) in [4.78, 5) is 43.7. The zero-order valence-electron chi connectivity index (χ0n) is 15.1. The van der Waals surface area contributed by atoms with E-state index in [1.54, 1.807) is 18.5 Å². The summed E-state index contributed by atoms with van der Waals surface area (Å²) < 4.78 is 0. The smallest absolute Gasteiger partial charge is 0.264 e. The van der Waals surface area contributed by atoms with Gasteiger partial charge in [0.05, 0.1) is 12.1 Å². The summed E-state index contributed by atoms with van der Waals surface area (Å²) in [5.41, 5.74) is 1.33. The highest BCUT2D eigenvalue weighted by atomic mass is 16.2. The van der Waals surface area contributed by atoms with Crippen LogP contribution >= 0.6 is 0 Å². The van der Waals surface area contributed by atoms with Gasteiger partial charge in [-0.1, -0.05) is 6.07 Å².